The van der Waals surface area contributed by atoms with Crippen LogP contribution in [-0.2, 0) is 4.74 Å². The van der Waals surface area contributed by atoms with Crippen LogP contribution in [0.4, 0.5) is 0 Å². The van der Waals surface area contributed by atoms with Crippen molar-refractivity contribution in [3.63, 3.8) is 0 Å². The highest BCUT2D eigenvalue weighted by Gasteiger charge is 2.24. The Morgan fingerprint density at radius 1 is 1.41 bits per heavy atom. The molecule has 1 atom stereocenters. The number of nitrogens with zero attached hydrogens (tertiary/aromatic N) is 1. The fourth-order valence-electron chi connectivity index (χ4n) is 2.50. The predicted octanol–water partition coefficient (Wildman–Crippen LogP) is 1.72. The van der Waals surface area contributed by atoms with Crippen molar-refractivity contribution in [2.75, 3.05) is 26.4 Å². The van der Waals surface area contributed by atoms with Gasteiger partial charge in [-0.15, -0.1) is 0 Å². The number of para-hydroxylation sites is 1. The minimum atomic E-state index is -0.132. The SMILES string of the molecule is O=C(NCCOc1ccccc1)c1cn[nH]c1C1CCOC1. The lowest BCUT2D eigenvalue weighted by atomic mass is 10.0. The molecular weight excluding hydrogens is 282 g/mol. The Morgan fingerprint density at radius 2 is 2.27 bits per heavy atom. The van der Waals surface area contributed by atoms with Crippen LogP contribution in [-0.4, -0.2) is 42.5 Å². The van der Waals surface area contributed by atoms with Gasteiger partial charge in [0.05, 0.1) is 30.6 Å². The smallest absolute Gasteiger partial charge is 0.254 e. The van der Waals surface area contributed by atoms with Crippen molar-refractivity contribution in [1.29, 1.82) is 0 Å². The molecule has 3 rings (SSSR count). The zero-order valence-electron chi connectivity index (χ0n) is 12.2. The molecule has 0 bridgehead atoms. The summed E-state index contributed by atoms with van der Waals surface area (Å²) in [7, 11) is 0. The van der Waals surface area contributed by atoms with E-state index in [1.807, 2.05) is 30.3 Å². The minimum Gasteiger partial charge on any atom is -0.492 e. The van der Waals surface area contributed by atoms with E-state index in [9.17, 15) is 4.79 Å². The topological polar surface area (TPSA) is 76.2 Å². The lowest BCUT2D eigenvalue weighted by Crippen LogP contribution is -2.28. The molecule has 2 aromatic rings. The fraction of sp³-hybridized carbons (Fsp3) is 0.375. The number of carbonyl (C=O) groups is 1. The second-order valence-electron chi connectivity index (χ2n) is 5.18. The Kier molecular flexibility index (Phi) is 4.70. The van der Waals surface area contributed by atoms with E-state index in [-0.39, 0.29) is 11.8 Å². The molecule has 0 radical (unpaired) electrons. The maximum Gasteiger partial charge on any atom is 0.254 e. The molecule has 6 heteroatoms. The predicted molar refractivity (Wildman–Crippen MR) is 81.0 cm³/mol. The van der Waals surface area contributed by atoms with Gasteiger partial charge in [0.2, 0.25) is 0 Å². The third-order valence-electron chi connectivity index (χ3n) is 3.65. The number of rotatable bonds is 6. The quantitative estimate of drug-likeness (QED) is 0.797. The monoisotopic (exact) mass is 301 g/mol. The molecule has 0 aliphatic carbocycles. The Morgan fingerprint density at radius 3 is 3.05 bits per heavy atom. The van der Waals surface area contributed by atoms with Crippen molar-refractivity contribution in [3.8, 4) is 5.75 Å². The van der Waals surface area contributed by atoms with E-state index < -0.39 is 0 Å². The lowest BCUT2D eigenvalue weighted by Gasteiger charge is -2.10. The highest BCUT2D eigenvalue weighted by atomic mass is 16.5. The van der Waals surface area contributed by atoms with Gasteiger partial charge in [-0.05, 0) is 18.6 Å². The van der Waals surface area contributed by atoms with Crippen molar-refractivity contribution in [3.05, 3.63) is 47.8 Å². The number of hydrogen-bond acceptors (Lipinski definition) is 4. The zero-order chi connectivity index (χ0) is 15.2. The third-order valence-corrected chi connectivity index (χ3v) is 3.65. The molecule has 1 amide bonds. The van der Waals surface area contributed by atoms with Crippen molar-refractivity contribution in [2.24, 2.45) is 0 Å². The van der Waals surface area contributed by atoms with Gasteiger partial charge < -0.3 is 14.8 Å². The molecule has 2 N–H and O–H groups in total. The van der Waals surface area contributed by atoms with E-state index in [2.05, 4.69) is 15.5 Å². The van der Waals surface area contributed by atoms with Gasteiger partial charge in [-0.3, -0.25) is 9.89 Å². The first-order chi connectivity index (χ1) is 10.8. The number of benzene rings is 1. The second-order valence-corrected chi connectivity index (χ2v) is 5.18. The minimum absolute atomic E-state index is 0.132. The van der Waals surface area contributed by atoms with E-state index in [0.717, 1.165) is 24.5 Å². The molecule has 0 saturated carbocycles. The van der Waals surface area contributed by atoms with Gasteiger partial charge in [0, 0.05) is 12.5 Å². The van der Waals surface area contributed by atoms with E-state index in [0.29, 0.717) is 25.3 Å². The van der Waals surface area contributed by atoms with Crippen molar-refractivity contribution in [1.82, 2.24) is 15.5 Å². The van der Waals surface area contributed by atoms with E-state index >= 15 is 0 Å². The molecule has 22 heavy (non-hydrogen) atoms. The molecule has 1 aromatic carbocycles. The van der Waals surface area contributed by atoms with Crippen LogP contribution in [0, 0.1) is 0 Å². The molecule has 2 heterocycles. The summed E-state index contributed by atoms with van der Waals surface area (Å²) in [6.07, 6.45) is 2.49. The first kappa shape index (κ1) is 14.6. The fourth-order valence-corrected chi connectivity index (χ4v) is 2.50. The van der Waals surface area contributed by atoms with Gasteiger partial charge in [-0.1, -0.05) is 18.2 Å². The third kappa shape index (κ3) is 3.46. The largest absolute Gasteiger partial charge is 0.492 e. The van der Waals surface area contributed by atoms with Crippen LogP contribution in [0.1, 0.15) is 28.4 Å². The number of H-pyrrole nitrogens is 1. The van der Waals surface area contributed by atoms with E-state index in [4.69, 9.17) is 9.47 Å². The maximum atomic E-state index is 12.2. The number of aromatic amines is 1. The Bertz CT molecular complexity index is 606. The Balaban J connectivity index is 1.49. The van der Waals surface area contributed by atoms with E-state index in [1.165, 1.54) is 0 Å². The molecule has 1 unspecified atom stereocenters. The van der Waals surface area contributed by atoms with Gasteiger partial charge in [0.1, 0.15) is 12.4 Å². The van der Waals surface area contributed by atoms with Crippen LogP contribution in [0.5, 0.6) is 5.75 Å². The summed E-state index contributed by atoms with van der Waals surface area (Å²) in [5.41, 5.74) is 1.45. The van der Waals surface area contributed by atoms with Crippen LogP contribution in [0.3, 0.4) is 0 Å². The average Bonchev–Trinajstić information content (AvgIpc) is 3.22. The maximum absolute atomic E-state index is 12.2. The van der Waals surface area contributed by atoms with Crippen molar-refractivity contribution >= 4 is 5.91 Å². The van der Waals surface area contributed by atoms with Crippen LogP contribution < -0.4 is 10.1 Å². The van der Waals surface area contributed by atoms with Crippen molar-refractivity contribution < 1.29 is 14.3 Å². The number of ether oxygens (including phenoxy) is 2. The van der Waals surface area contributed by atoms with Gasteiger partial charge in [0.25, 0.3) is 5.91 Å². The van der Waals surface area contributed by atoms with Gasteiger partial charge in [0.15, 0.2) is 0 Å². The highest BCUT2D eigenvalue weighted by molar-refractivity contribution is 5.95. The summed E-state index contributed by atoms with van der Waals surface area (Å²) in [6, 6.07) is 9.53. The molecular formula is C16H19N3O3. The first-order valence-electron chi connectivity index (χ1n) is 7.41. The van der Waals surface area contributed by atoms with Gasteiger partial charge in [-0.25, -0.2) is 0 Å². The molecule has 116 valence electrons. The van der Waals surface area contributed by atoms with Crippen LogP contribution in [0.2, 0.25) is 0 Å². The Labute approximate surface area is 128 Å². The number of nitrogens with one attached hydrogen (secondary N) is 2. The molecule has 6 nitrogen and oxygen atoms in total. The van der Waals surface area contributed by atoms with Crippen LogP contribution in [0.25, 0.3) is 0 Å². The van der Waals surface area contributed by atoms with Gasteiger partial charge in [-0.2, -0.15) is 5.10 Å². The van der Waals surface area contributed by atoms with E-state index in [1.54, 1.807) is 6.20 Å². The molecule has 0 spiro atoms. The summed E-state index contributed by atoms with van der Waals surface area (Å²) in [4.78, 5) is 12.2. The highest BCUT2D eigenvalue weighted by Crippen LogP contribution is 2.25. The number of carbonyl (C=O) groups excluding carboxylic acids is 1. The normalized spacial score (nSPS) is 17.4. The van der Waals surface area contributed by atoms with Crippen molar-refractivity contribution in [2.45, 2.75) is 12.3 Å². The second kappa shape index (κ2) is 7.09. The molecule has 1 aliphatic rings. The molecule has 1 saturated heterocycles. The molecule has 1 fully saturated rings. The summed E-state index contributed by atoms with van der Waals surface area (Å²) >= 11 is 0. The summed E-state index contributed by atoms with van der Waals surface area (Å²) in [5, 5.41) is 9.77. The summed E-state index contributed by atoms with van der Waals surface area (Å²) < 4.78 is 10.9. The molecule has 1 aromatic heterocycles. The first-order valence-corrected chi connectivity index (χ1v) is 7.41. The number of aromatic nitrogens is 2. The van der Waals surface area contributed by atoms with Gasteiger partial charge >= 0.3 is 0 Å². The Hall–Kier alpha value is -2.34. The molecule has 1 aliphatic heterocycles. The zero-order valence-corrected chi connectivity index (χ0v) is 12.2. The lowest BCUT2D eigenvalue weighted by molar-refractivity contribution is 0.0945. The van der Waals surface area contributed by atoms with Crippen LogP contribution >= 0.6 is 0 Å². The van der Waals surface area contributed by atoms with Crippen LogP contribution in [0.15, 0.2) is 36.5 Å². The number of hydrogen-bond donors (Lipinski definition) is 2. The standard InChI is InChI=1S/C16H19N3O3/c20-16(17-7-9-22-13-4-2-1-3-5-13)14-10-18-19-15(14)12-6-8-21-11-12/h1-5,10,12H,6-9,11H2,(H,17,20)(H,18,19). The summed E-state index contributed by atoms with van der Waals surface area (Å²) in [5.74, 6) is 0.889. The summed E-state index contributed by atoms with van der Waals surface area (Å²) in [6.45, 7) is 2.24. The average molecular weight is 301 g/mol. The number of amides is 1.